The van der Waals surface area contributed by atoms with Crippen molar-refractivity contribution in [3.8, 4) is 5.75 Å². The number of guanidine groups is 1. The number of hydrogen-bond acceptors (Lipinski definition) is 4. The van der Waals surface area contributed by atoms with E-state index < -0.39 is 6.10 Å². The normalized spacial score (nSPS) is 19.9. The van der Waals surface area contributed by atoms with E-state index in [-0.39, 0.29) is 0 Å². The van der Waals surface area contributed by atoms with E-state index in [1.165, 1.54) is 6.42 Å². The fourth-order valence-electron chi connectivity index (χ4n) is 2.71. The molecule has 1 aliphatic rings. The first kappa shape index (κ1) is 18.9. The fraction of sp³-hybridized carbons (Fsp3) is 0.611. The highest BCUT2D eigenvalue weighted by atomic mass is 32.2. The number of aliphatic hydroxyl groups is 1. The van der Waals surface area contributed by atoms with E-state index in [2.05, 4.69) is 29.1 Å². The minimum atomic E-state index is -0.630. The Morgan fingerprint density at radius 1 is 1.50 bits per heavy atom. The maximum Gasteiger partial charge on any atom is 0.194 e. The largest absolute Gasteiger partial charge is 0.497 e. The topological polar surface area (TPSA) is 57.1 Å². The summed E-state index contributed by atoms with van der Waals surface area (Å²) in [4.78, 5) is 6.98. The number of aliphatic imine (C=N–C) groups is 1. The highest BCUT2D eigenvalue weighted by Gasteiger charge is 2.21. The van der Waals surface area contributed by atoms with Gasteiger partial charge in [-0.25, -0.2) is 0 Å². The number of benzene rings is 1. The number of rotatable bonds is 6. The van der Waals surface area contributed by atoms with Crippen molar-refractivity contribution in [3.63, 3.8) is 0 Å². The Kier molecular flexibility index (Phi) is 7.72. The van der Waals surface area contributed by atoms with Gasteiger partial charge in [0, 0.05) is 30.6 Å². The standard InChI is InChI=1S/C18H29N3O2S/c1-4-16-13-21(9-10-24-16)18(19-5-2)20-12-17(22)14-7-6-8-15(11-14)23-3/h6-8,11,16-17,22H,4-5,9-10,12-13H2,1-3H3,(H,19,20). The van der Waals surface area contributed by atoms with Crippen molar-refractivity contribution in [1.29, 1.82) is 0 Å². The number of methoxy groups -OCH3 is 1. The molecule has 1 aromatic rings. The molecule has 0 spiro atoms. The van der Waals surface area contributed by atoms with Crippen LogP contribution in [0.1, 0.15) is 31.9 Å². The van der Waals surface area contributed by atoms with Gasteiger partial charge in [0.1, 0.15) is 5.75 Å². The second-order valence-corrected chi connectivity index (χ2v) is 7.24. The Morgan fingerprint density at radius 2 is 2.33 bits per heavy atom. The van der Waals surface area contributed by atoms with Gasteiger partial charge in [-0.15, -0.1) is 0 Å². The quantitative estimate of drug-likeness (QED) is 0.609. The molecule has 2 N–H and O–H groups in total. The maximum absolute atomic E-state index is 10.4. The first-order valence-corrected chi connectivity index (χ1v) is 9.69. The zero-order chi connectivity index (χ0) is 17.4. The predicted molar refractivity (Wildman–Crippen MR) is 102 cm³/mol. The Labute approximate surface area is 149 Å². The molecule has 1 fully saturated rings. The minimum absolute atomic E-state index is 0.343. The van der Waals surface area contributed by atoms with Crippen molar-refractivity contribution in [2.75, 3.05) is 39.0 Å². The van der Waals surface area contributed by atoms with E-state index in [9.17, 15) is 5.11 Å². The molecule has 0 aliphatic carbocycles. The highest BCUT2D eigenvalue weighted by molar-refractivity contribution is 8.00. The monoisotopic (exact) mass is 351 g/mol. The van der Waals surface area contributed by atoms with Gasteiger partial charge in [-0.1, -0.05) is 19.1 Å². The summed E-state index contributed by atoms with van der Waals surface area (Å²) in [5.41, 5.74) is 0.828. The minimum Gasteiger partial charge on any atom is -0.497 e. The van der Waals surface area contributed by atoms with Crippen LogP contribution in [0.4, 0.5) is 0 Å². The lowest BCUT2D eigenvalue weighted by atomic mass is 10.1. The van der Waals surface area contributed by atoms with Gasteiger partial charge in [-0.2, -0.15) is 11.8 Å². The third-order valence-corrected chi connectivity index (χ3v) is 5.49. The van der Waals surface area contributed by atoms with E-state index in [1.807, 2.05) is 36.0 Å². The van der Waals surface area contributed by atoms with E-state index in [0.717, 1.165) is 42.7 Å². The molecule has 1 aliphatic heterocycles. The molecular formula is C18H29N3O2S. The Bertz CT molecular complexity index is 539. The van der Waals surface area contributed by atoms with Gasteiger partial charge in [0.15, 0.2) is 5.96 Å². The highest BCUT2D eigenvalue weighted by Crippen LogP contribution is 2.22. The molecule has 0 aromatic heterocycles. The predicted octanol–water partition coefficient (Wildman–Crippen LogP) is 2.52. The molecule has 1 heterocycles. The van der Waals surface area contributed by atoms with Crippen LogP contribution < -0.4 is 10.1 Å². The molecule has 24 heavy (non-hydrogen) atoms. The van der Waals surface area contributed by atoms with Crippen LogP contribution in [-0.4, -0.2) is 60.3 Å². The van der Waals surface area contributed by atoms with Crippen molar-refractivity contribution < 1.29 is 9.84 Å². The number of nitrogens with one attached hydrogen (secondary N) is 1. The summed E-state index contributed by atoms with van der Waals surface area (Å²) in [5, 5.41) is 14.5. The van der Waals surface area contributed by atoms with E-state index in [1.54, 1.807) is 7.11 Å². The van der Waals surface area contributed by atoms with E-state index in [4.69, 9.17) is 4.74 Å². The molecule has 1 saturated heterocycles. The van der Waals surface area contributed by atoms with Crippen LogP contribution in [0.2, 0.25) is 0 Å². The molecule has 0 radical (unpaired) electrons. The average molecular weight is 352 g/mol. The summed E-state index contributed by atoms with van der Waals surface area (Å²) in [6, 6.07) is 7.53. The number of thioether (sulfide) groups is 1. The molecule has 6 heteroatoms. The molecule has 2 rings (SSSR count). The summed E-state index contributed by atoms with van der Waals surface area (Å²) < 4.78 is 5.22. The SMILES string of the molecule is CCNC(=NCC(O)c1cccc(OC)c1)N1CCSC(CC)C1. The van der Waals surface area contributed by atoms with Crippen LogP contribution in [0.15, 0.2) is 29.3 Å². The van der Waals surface area contributed by atoms with Gasteiger partial charge >= 0.3 is 0 Å². The van der Waals surface area contributed by atoms with Gasteiger partial charge in [-0.3, -0.25) is 4.99 Å². The summed E-state index contributed by atoms with van der Waals surface area (Å²) >= 11 is 2.04. The summed E-state index contributed by atoms with van der Waals surface area (Å²) in [5.74, 6) is 2.78. The van der Waals surface area contributed by atoms with Crippen LogP contribution in [0.3, 0.4) is 0 Å². The lowest BCUT2D eigenvalue weighted by Gasteiger charge is -2.34. The van der Waals surface area contributed by atoms with E-state index in [0.29, 0.717) is 11.8 Å². The maximum atomic E-state index is 10.4. The van der Waals surface area contributed by atoms with Gasteiger partial charge < -0.3 is 20.1 Å². The summed E-state index contributed by atoms with van der Waals surface area (Å²) in [6.07, 6.45) is 0.544. The fourth-order valence-corrected chi connectivity index (χ4v) is 3.89. The number of hydrogen-bond donors (Lipinski definition) is 2. The van der Waals surface area contributed by atoms with Gasteiger partial charge in [-0.05, 0) is 31.0 Å². The third-order valence-electron chi connectivity index (χ3n) is 4.12. The Morgan fingerprint density at radius 3 is 3.04 bits per heavy atom. The zero-order valence-corrected chi connectivity index (χ0v) is 15.7. The second-order valence-electron chi connectivity index (χ2n) is 5.83. The molecule has 2 unspecified atom stereocenters. The number of aliphatic hydroxyl groups excluding tert-OH is 1. The van der Waals surface area contributed by atoms with Crippen molar-refractivity contribution in [3.05, 3.63) is 29.8 Å². The van der Waals surface area contributed by atoms with Crippen molar-refractivity contribution in [2.45, 2.75) is 31.6 Å². The average Bonchev–Trinajstić information content (AvgIpc) is 2.64. The molecule has 0 amide bonds. The Hall–Kier alpha value is -1.40. The van der Waals surface area contributed by atoms with Crippen LogP contribution >= 0.6 is 11.8 Å². The zero-order valence-electron chi connectivity index (χ0n) is 14.9. The summed E-state index contributed by atoms with van der Waals surface area (Å²) in [7, 11) is 1.63. The van der Waals surface area contributed by atoms with Gasteiger partial charge in [0.2, 0.25) is 0 Å². The lowest BCUT2D eigenvalue weighted by Crippen LogP contribution is -2.48. The third kappa shape index (κ3) is 5.31. The number of ether oxygens (including phenoxy) is 1. The van der Waals surface area contributed by atoms with Crippen LogP contribution in [0, 0.1) is 0 Å². The molecule has 134 valence electrons. The molecular weight excluding hydrogens is 322 g/mol. The number of nitrogens with zero attached hydrogens (tertiary/aromatic N) is 2. The molecule has 5 nitrogen and oxygen atoms in total. The van der Waals surface area contributed by atoms with Crippen molar-refractivity contribution >= 4 is 17.7 Å². The first-order valence-electron chi connectivity index (χ1n) is 8.64. The van der Waals surface area contributed by atoms with Crippen LogP contribution in [0.5, 0.6) is 5.75 Å². The lowest BCUT2D eigenvalue weighted by molar-refractivity contribution is 0.186. The van der Waals surface area contributed by atoms with Crippen molar-refractivity contribution in [1.82, 2.24) is 10.2 Å². The van der Waals surface area contributed by atoms with Gasteiger partial charge in [0.05, 0.1) is 19.8 Å². The van der Waals surface area contributed by atoms with Crippen LogP contribution in [-0.2, 0) is 0 Å². The molecule has 2 atom stereocenters. The van der Waals surface area contributed by atoms with Gasteiger partial charge in [0.25, 0.3) is 0 Å². The first-order chi connectivity index (χ1) is 11.7. The Balaban J connectivity index is 2.04. The van der Waals surface area contributed by atoms with E-state index >= 15 is 0 Å². The van der Waals surface area contributed by atoms with Crippen LogP contribution in [0.25, 0.3) is 0 Å². The summed E-state index contributed by atoms with van der Waals surface area (Å²) in [6.45, 7) is 7.50. The molecule has 0 bridgehead atoms. The second kappa shape index (κ2) is 9.79. The smallest absolute Gasteiger partial charge is 0.194 e. The van der Waals surface area contributed by atoms with Crippen molar-refractivity contribution in [2.24, 2.45) is 4.99 Å². The molecule has 0 saturated carbocycles. The molecule has 1 aromatic carbocycles.